The highest BCUT2D eigenvalue weighted by Crippen LogP contribution is 2.13. The van der Waals surface area contributed by atoms with Crippen molar-refractivity contribution in [1.82, 2.24) is 4.98 Å². The number of halogens is 1. The lowest BCUT2D eigenvalue weighted by atomic mass is 10.3. The fourth-order valence-electron chi connectivity index (χ4n) is 0.995. The molecule has 0 aliphatic heterocycles. The van der Waals surface area contributed by atoms with Gasteiger partial charge in [0.05, 0.1) is 11.4 Å². The number of nitrogens with zero attached hydrogens (tertiary/aromatic N) is 3. The van der Waals surface area contributed by atoms with Crippen molar-refractivity contribution >= 4 is 11.6 Å². The first-order valence-electron chi connectivity index (χ1n) is 4.17. The second kappa shape index (κ2) is 5.80. The molecule has 0 aromatic carbocycles. The van der Waals surface area contributed by atoms with Crippen molar-refractivity contribution in [1.29, 1.82) is 0 Å². The molecule has 0 bridgehead atoms. The van der Waals surface area contributed by atoms with Crippen LogP contribution in [0, 0.1) is 20.2 Å². The van der Waals surface area contributed by atoms with Crippen LogP contribution >= 0.6 is 11.6 Å². The van der Waals surface area contributed by atoms with Gasteiger partial charge in [0.25, 0.3) is 10.2 Å². The van der Waals surface area contributed by atoms with Gasteiger partial charge in [0.15, 0.2) is 0 Å². The molecule has 0 fully saturated rings. The Morgan fingerprint density at radius 2 is 1.53 bits per heavy atom. The molecule has 1 heterocycles. The van der Waals surface area contributed by atoms with Crippen LogP contribution in [0.4, 0.5) is 0 Å². The van der Waals surface area contributed by atoms with E-state index < -0.39 is 10.2 Å². The summed E-state index contributed by atoms with van der Waals surface area (Å²) in [6.07, 6.45) is 0. The summed E-state index contributed by atoms with van der Waals surface area (Å²) < 4.78 is 0. The number of aromatic nitrogens is 1. The van der Waals surface area contributed by atoms with E-state index in [1.54, 1.807) is 0 Å². The third kappa shape index (κ3) is 4.93. The number of rotatable bonds is 6. The molecule has 0 N–H and O–H groups in total. The van der Waals surface area contributed by atoms with E-state index in [2.05, 4.69) is 14.7 Å². The van der Waals surface area contributed by atoms with Crippen molar-refractivity contribution in [2.75, 3.05) is 0 Å². The smallest absolute Gasteiger partial charge is 0.294 e. The Labute approximate surface area is 99.1 Å². The highest BCUT2D eigenvalue weighted by atomic mass is 35.5. The zero-order chi connectivity index (χ0) is 12.8. The van der Waals surface area contributed by atoms with Gasteiger partial charge >= 0.3 is 0 Å². The highest BCUT2D eigenvalue weighted by Gasteiger charge is 2.06. The van der Waals surface area contributed by atoms with Crippen LogP contribution in [0.25, 0.3) is 0 Å². The second-order valence-electron chi connectivity index (χ2n) is 2.76. The molecule has 0 saturated heterocycles. The van der Waals surface area contributed by atoms with Gasteiger partial charge < -0.3 is 9.68 Å². The summed E-state index contributed by atoms with van der Waals surface area (Å²) in [7, 11) is 0. The van der Waals surface area contributed by atoms with Gasteiger partial charge in [-0.1, -0.05) is 11.6 Å². The Morgan fingerprint density at radius 3 is 1.88 bits per heavy atom. The highest BCUT2D eigenvalue weighted by molar-refractivity contribution is 6.30. The molecular formula is C7H6ClN3O6. The molecule has 9 nitrogen and oxygen atoms in total. The topological polar surface area (TPSA) is 118 Å². The van der Waals surface area contributed by atoms with Gasteiger partial charge in [-0.15, -0.1) is 20.2 Å². The lowest BCUT2D eigenvalue weighted by Crippen LogP contribution is -2.06. The molecule has 0 unspecified atom stereocenters. The first-order chi connectivity index (χ1) is 7.97. The first kappa shape index (κ1) is 12.9. The molecule has 1 rings (SSSR count). The SMILES string of the molecule is O=[N+]([O-])OCc1cc(Cl)cc(CO[N+](=O)[O-])n1. The molecule has 0 radical (unpaired) electrons. The van der Waals surface area contributed by atoms with Crippen molar-refractivity contribution in [3.8, 4) is 0 Å². The predicted octanol–water partition coefficient (Wildman–Crippen LogP) is 1.15. The molecule has 0 saturated carbocycles. The summed E-state index contributed by atoms with van der Waals surface area (Å²) in [6.45, 7) is -0.780. The third-order valence-corrected chi connectivity index (χ3v) is 1.75. The van der Waals surface area contributed by atoms with E-state index in [0.717, 1.165) is 0 Å². The van der Waals surface area contributed by atoms with Gasteiger partial charge in [0.1, 0.15) is 13.2 Å². The van der Waals surface area contributed by atoms with Crippen molar-refractivity contribution in [3.05, 3.63) is 48.8 Å². The van der Waals surface area contributed by atoms with Crippen LogP contribution in [0.2, 0.25) is 5.02 Å². The molecule has 0 aliphatic rings. The van der Waals surface area contributed by atoms with Gasteiger partial charge in [0, 0.05) is 5.02 Å². The Kier molecular flexibility index (Phi) is 4.40. The van der Waals surface area contributed by atoms with E-state index >= 15 is 0 Å². The number of hydrogen-bond acceptors (Lipinski definition) is 7. The van der Waals surface area contributed by atoms with Crippen molar-refractivity contribution < 1.29 is 19.8 Å². The summed E-state index contributed by atoms with van der Waals surface area (Å²) >= 11 is 5.69. The quantitative estimate of drug-likeness (QED) is 0.558. The molecule has 1 aromatic heterocycles. The minimum Gasteiger partial charge on any atom is -0.307 e. The fraction of sp³-hybridized carbons (Fsp3) is 0.286. The van der Waals surface area contributed by atoms with Crippen LogP contribution in [-0.4, -0.2) is 15.2 Å². The van der Waals surface area contributed by atoms with E-state index in [-0.39, 0.29) is 29.6 Å². The van der Waals surface area contributed by atoms with E-state index in [1.165, 1.54) is 12.1 Å². The van der Waals surface area contributed by atoms with Crippen LogP contribution in [0.3, 0.4) is 0 Å². The molecule has 1 aromatic rings. The Bertz CT molecular complexity index is 403. The number of pyridine rings is 1. The lowest BCUT2D eigenvalue weighted by Gasteiger charge is -2.04. The van der Waals surface area contributed by atoms with E-state index in [9.17, 15) is 20.2 Å². The molecular weight excluding hydrogens is 258 g/mol. The van der Waals surface area contributed by atoms with E-state index in [1.807, 2.05) is 0 Å². The van der Waals surface area contributed by atoms with Crippen molar-refractivity contribution in [3.63, 3.8) is 0 Å². The summed E-state index contributed by atoms with van der Waals surface area (Å²) in [5.74, 6) is 0. The Morgan fingerprint density at radius 1 is 1.12 bits per heavy atom. The molecule has 0 spiro atoms. The third-order valence-electron chi connectivity index (χ3n) is 1.53. The molecule has 0 amide bonds. The summed E-state index contributed by atoms with van der Waals surface area (Å²) in [4.78, 5) is 31.9. The zero-order valence-corrected chi connectivity index (χ0v) is 8.99. The minimum atomic E-state index is -0.976. The summed E-state index contributed by atoms with van der Waals surface area (Å²) in [6, 6.07) is 2.70. The second-order valence-corrected chi connectivity index (χ2v) is 3.20. The first-order valence-corrected chi connectivity index (χ1v) is 4.55. The van der Waals surface area contributed by atoms with Crippen LogP contribution < -0.4 is 0 Å². The van der Waals surface area contributed by atoms with Gasteiger partial charge in [-0.2, -0.15) is 0 Å². The minimum absolute atomic E-state index is 0.177. The molecule has 17 heavy (non-hydrogen) atoms. The van der Waals surface area contributed by atoms with Gasteiger partial charge in [-0.3, -0.25) is 4.98 Å². The van der Waals surface area contributed by atoms with E-state index in [0.29, 0.717) is 0 Å². The maximum Gasteiger partial charge on any atom is 0.294 e. The molecule has 92 valence electrons. The zero-order valence-electron chi connectivity index (χ0n) is 8.24. The summed E-state index contributed by atoms with van der Waals surface area (Å²) in [5, 5.41) is 18.2. The van der Waals surface area contributed by atoms with E-state index in [4.69, 9.17) is 11.6 Å². The monoisotopic (exact) mass is 263 g/mol. The van der Waals surface area contributed by atoms with Gasteiger partial charge in [0.2, 0.25) is 0 Å². The van der Waals surface area contributed by atoms with Crippen LogP contribution in [-0.2, 0) is 22.9 Å². The normalized spacial score (nSPS) is 9.71. The average Bonchev–Trinajstić information content (AvgIpc) is 2.23. The largest absolute Gasteiger partial charge is 0.307 e. The van der Waals surface area contributed by atoms with Crippen molar-refractivity contribution in [2.24, 2.45) is 0 Å². The lowest BCUT2D eigenvalue weighted by molar-refractivity contribution is -0.763. The fourth-order valence-corrected chi connectivity index (χ4v) is 1.25. The number of hydrogen-bond donors (Lipinski definition) is 0. The van der Waals surface area contributed by atoms with Crippen molar-refractivity contribution in [2.45, 2.75) is 13.2 Å². The maximum atomic E-state index is 9.97. The Balaban J connectivity index is 2.71. The average molecular weight is 264 g/mol. The predicted molar refractivity (Wildman–Crippen MR) is 52.8 cm³/mol. The molecule has 0 atom stereocenters. The van der Waals surface area contributed by atoms with Crippen LogP contribution in [0.5, 0.6) is 0 Å². The Hall–Kier alpha value is -2.16. The maximum absolute atomic E-state index is 9.97. The molecule has 0 aliphatic carbocycles. The standard InChI is InChI=1S/C7H6ClN3O6/c8-5-1-6(3-16-10(12)13)9-7(2-5)4-17-11(14)15/h1-2H,3-4H2. The molecule has 10 heteroatoms. The van der Waals surface area contributed by atoms with Gasteiger partial charge in [-0.25, -0.2) is 0 Å². The summed E-state index contributed by atoms with van der Waals surface area (Å²) in [5.41, 5.74) is 0.354. The van der Waals surface area contributed by atoms with Gasteiger partial charge in [-0.05, 0) is 12.1 Å². The van der Waals surface area contributed by atoms with Crippen LogP contribution in [0.15, 0.2) is 12.1 Å². The van der Waals surface area contributed by atoms with Crippen LogP contribution in [0.1, 0.15) is 11.4 Å².